The van der Waals surface area contributed by atoms with E-state index in [1.807, 2.05) is 0 Å². The van der Waals surface area contributed by atoms with Crippen molar-refractivity contribution in [1.82, 2.24) is 5.32 Å². The number of rotatable bonds is 2. The Hall–Kier alpha value is -0.750. The molecular weight excluding hydrogens is 378 g/mol. The van der Waals surface area contributed by atoms with Crippen molar-refractivity contribution in [3.63, 3.8) is 0 Å². The summed E-state index contributed by atoms with van der Waals surface area (Å²) in [5.41, 5.74) is 1.97. The van der Waals surface area contributed by atoms with Crippen molar-refractivity contribution >= 4 is 11.6 Å². The number of aliphatic hydroxyl groups is 2. The highest BCUT2D eigenvalue weighted by Gasteiger charge is 2.49. The van der Waals surface area contributed by atoms with Crippen LogP contribution in [-0.4, -0.2) is 40.9 Å². The summed E-state index contributed by atoms with van der Waals surface area (Å²) in [6.07, 6.45) is 1.50. The molecule has 4 rings (SSSR count). The SMILES string of the molecule is CC1=C(Cl)C(C)CC2OC([C@@H]3NC4=C(O3)C(O)CC(CC(C)(C)C)C4O)CC12. The van der Waals surface area contributed by atoms with Gasteiger partial charge in [0.05, 0.1) is 17.9 Å². The van der Waals surface area contributed by atoms with Gasteiger partial charge in [0.1, 0.15) is 18.0 Å². The molecule has 0 aromatic carbocycles. The van der Waals surface area contributed by atoms with E-state index in [1.165, 1.54) is 5.57 Å². The summed E-state index contributed by atoms with van der Waals surface area (Å²) in [6, 6.07) is 0. The van der Waals surface area contributed by atoms with Gasteiger partial charge in [0, 0.05) is 11.0 Å². The summed E-state index contributed by atoms with van der Waals surface area (Å²) in [7, 11) is 0. The molecule has 8 atom stereocenters. The molecule has 2 aliphatic carbocycles. The normalized spacial score (nSPS) is 43.6. The fourth-order valence-corrected chi connectivity index (χ4v) is 5.75. The number of ether oxygens (including phenoxy) is 2. The van der Waals surface area contributed by atoms with Crippen LogP contribution in [0, 0.1) is 23.2 Å². The second kappa shape index (κ2) is 7.19. The van der Waals surface area contributed by atoms with Crippen LogP contribution in [0.15, 0.2) is 22.1 Å². The van der Waals surface area contributed by atoms with Crippen LogP contribution in [0.1, 0.15) is 60.3 Å². The maximum atomic E-state index is 10.9. The molecule has 0 radical (unpaired) electrons. The van der Waals surface area contributed by atoms with E-state index >= 15 is 0 Å². The predicted octanol–water partition coefficient (Wildman–Crippen LogP) is 3.65. The number of nitrogens with one attached hydrogen (secondary N) is 1. The Morgan fingerprint density at radius 1 is 1.14 bits per heavy atom. The van der Waals surface area contributed by atoms with Crippen molar-refractivity contribution in [3.8, 4) is 0 Å². The minimum absolute atomic E-state index is 0.0144. The second-order valence-electron chi connectivity index (χ2n) is 10.4. The zero-order chi connectivity index (χ0) is 20.4. The Morgan fingerprint density at radius 3 is 2.54 bits per heavy atom. The monoisotopic (exact) mass is 411 g/mol. The number of aliphatic hydroxyl groups excluding tert-OH is 2. The lowest BCUT2D eigenvalue weighted by Crippen LogP contribution is -2.41. The van der Waals surface area contributed by atoms with Crippen molar-refractivity contribution in [3.05, 3.63) is 22.1 Å². The van der Waals surface area contributed by atoms with Gasteiger partial charge in [-0.15, -0.1) is 0 Å². The largest absolute Gasteiger partial charge is 0.468 e. The third-order valence-electron chi connectivity index (χ3n) is 6.84. The van der Waals surface area contributed by atoms with Gasteiger partial charge in [-0.2, -0.15) is 0 Å². The molecule has 0 bridgehead atoms. The fourth-order valence-electron chi connectivity index (χ4n) is 5.52. The van der Waals surface area contributed by atoms with Gasteiger partial charge in [0.25, 0.3) is 0 Å². The van der Waals surface area contributed by atoms with Crippen LogP contribution < -0.4 is 5.32 Å². The minimum atomic E-state index is -0.678. The smallest absolute Gasteiger partial charge is 0.196 e. The van der Waals surface area contributed by atoms with Crippen LogP contribution in [0.25, 0.3) is 0 Å². The van der Waals surface area contributed by atoms with Gasteiger partial charge < -0.3 is 25.0 Å². The first-order valence-electron chi connectivity index (χ1n) is 10.6. The van der Waals surface area contributed by atoms with E-state index in [-0.39, 0.29) is 29.8 Å². The van der Waals surface area contributed by atoms with Crippen LogP contribution >= 0.6 is 11.6 Å². The molecule has 5 nitrogen and oxygen atoms in total. The lowest BCUT2D eigenvalue weighted by molar-refractivity contribution is -0.0617. The van der Waals surface area contributed by atoms with Crippen molar-refractivity contribution < 1.29 is 19.7 Å². The summed E-state index contributed by atoms with van der Waals surface area (Å²) < 4.78 is 12.4. The molecule has 4 aliphatic rings. The van der Waals surface area contributed by atoms with Gasteiger partial charge in [-0.25, -0.2) is 0 Å². The molecular formula is C22H34ClNO4. The molecule has 3 N–H and O–H groups in total. The van der Waals surface area contributed by atoms with E-state index < -0.39 is 12.2 Å². The summed E-state index contributed by atoms with van der Waals surface area (Å²) >= 11 is 6.50. The maximum Gasteiger partial charge on any atom is 0.196 e. The van der Waals surface area contributed by atoms with Gasteiger partial charge in [-0.05, 0) is 49.9 Å². The Morgan fingerprint density at radius 2 is 1.86 bits per heavy atom. The highest BCUT2D eigenvalue weighted by molar-refractivity contribution is 6.30. The molecule has 158 valence electrons. The lowest BCUT2D eigenvalue weighted by Gasteiger charge is -2.34. The average Bonchev–Trinajstić information content (AvgIpc) is 3.21. The average molecular weight is 412 g/mol. The molecule has 1 saturated heterocycles. The zero-order valence-electron chi connectivity index (χ0n) is 17.5. The van der Waals surface area contributed by atoms with Crippen LogP contribution in [0.5, 0.6) is 0 Å². The lowest BCUT2D eigenvalue weighted by atomic mass is 9.76. The molecule has 0 spiro atoms. The van der Waals surface area contributed by atoms with E-state index in [4.69, 9.17) is 21.1 Å². The molecule has 6 heteroatoms. The van der Waals surface area contributed by atoms with Gasteiger partial charge in [-0.1, -0.05) is 44.9 Å². The van der Waals surface area contributed by atoms with E-state index in [2.05, 4.69) is 39.9 Å². The molecule has 0 saturated carbocycles. The quantitative estimate of drug-likeness (QED) is 0.647. The fraction of sp³-hybridized carbons (Fsp3) is 0.818. The number of hydrogen-bond donors (Lipinski definition) is 3. The van der Waals surface area contributed by atoms with E-state index in [0.717, 1.165) is 24.3 Å². The van der Waals surface area contributed by atoms with Crippen LogP contribution in [0.4, 0.5) is 0 Å². The summed E-state index contributed by atoms with van der Waals surface area (Å²) in [6.45, 7) is 10.7. The maximum absolute atomic E-state index is 10.9. The Balaban J connectivity index is 1.46. The standard InChI is InChI=1S/C22H34ClNO4/c1-10-6-15-13(11(2)17(10)23)8-16(27-15)21-24-18-19(26)12(9-22(3,4)5)7-14(25)20(18)28-21/h10,12-16,19,21,24-26H,6-9H2,1-5H3/t10?,12?,13?,14?,15?,16?,19?,21-/m1/s1. The summed E-state index contributed by atoms with van der Waals surface area (Å²) in [4.78, 5) is 0. The van der Waals surface area contributed by atoms with E-state index in [0.29, 0.717) is 29.7 Å². The highest BCUT2D eigenvalue weighted by atomic mass is 35.5. The van der Waals surface area contributed by atoms with E-state index in [9.17, 15) is 10.2 Å². The number of allylic oxidation sites excluding steroid dienone is 1. The molecule has 28 heavy (non-hydrogen) atoms. The third kappa shape index (κ3) is 3.60. The molecule has 2 aliphatic heterocycles. The highest BCUT2D eigenvalue weighted by Crippen LogP contribution is 2.47. The van der Waals surface area contributed by atoms with Crippen molar-refractivity contribution in [2.75, 3.05) is 0 Å². The first kappa shape index (κ1) is 20.5. The van der Waals surface area contributed by atoms with Gasteiger partial charge in [-0.3, -0.25) is 0 Å². The Kier molecular flexibility index (Phi) is 5.27. The topological polar surface area (TPSA) is 71.0 Å². The molecule has 7 unspecified atom stereocenters. The predicted molar refractivity (Wildman–Crippen MR) is 108 cm³/mol. The first-order valence-corrected chi connectivity index (χ1v) is 11.0. The van der Waals surface area contributed by atoms with Gasteiger partial charge in [0.15, 0.2) is 6.23 Å². The van der Waals surface area contributed by atoms with Gasteiger partial charge >= 0.3 is 0 Å². The van der Waals surface area contributed by atoms with Crippen molar-refractivity contribution in [2.24, 2.45) is 23.2 Å². The Bertz CT molecular complexity index is 697. The molecule has 1 fully saturated rings. The van der Waals surface area contributed by atoms with Crippen LogP contribution in [-0.2, 0) is 9.47 Å². The number of hydrogen-bond acceptors (Lipinski definition) is 5. The van der Waals surface area contributed by atoms with E-state index in [1.54, 1.807) is 0 Å². The van der Waals surface area contributed by atoms with Gasteiger partial charge in [0.2, 0.25) is 0 Å². The minimum Gasteiger partial charge on any atom is -0.468 e. The molecule has 0 amide bonds. The van der Waals surface area contributed by atoms with Crippen molar-refractivity contribution in [1.29, 1.82) is 0 Å². The first-order chi connectivity index (χ1) is 13.0. The zero-order valence-corrected chi connectivity index (χ0v) is 18.3. The summed E-state index contributed by atoms with van der Waals surface area (Å²) in [5, 5.41) is 25.9. The summed E-state index contributed by atoms with van der Waals surface area (Å²) in [5.74, 6) is 1.16. The molecule has 0 aromatic rings. The molecule has 0 aromatic heterocycles. The van der Waals surface area contributed by atoms with Crippen LogP contribution in [0.2, 0.25) is 0 Å². The molecule has 2 heterocycles. The number of fused-ring (bicyclic) bond motifs is 1. The third-order valence-corrected chi connectivity index (χ3v) is 7.51. The second-order valence-corrected chi connectivity index (χ2v) is 10.8. The Labute approximate surface area is 173 Å². The van der Waals surface area contributed by atoms with Crippen LogP contribution in [0.3, 0.4) is 0 Å². The number of halogens is 1. The van der Waals surface area contributed by atoms with Crippen molar-refractivity contribution in [2.45, 2.75) is 90.9 Å².